The fourth-order valence-electron chi connectivity index (χ4n) is 2.13. The topological polar surface area (TPSA) is 58.2 Å². The largest absolute Gasteiger partial charge is 0.352 e. The maximum atomic E-state index is 11.9. The highest BCUT2D eigenvalue weighted by Gasteiger charge is 2.10. The van der Waals surface area contributed by atoms with E-state index < -0.39 is 0 Å². The van der Waals surface area contributed by atoms with Gasteiger partial charge in [-0.1, -0.05) is 41.9 Å². The van der Waals surface area contributed by atoms with E-state index in [1.807, 2.05) is 25.1 Å². The average molecular weight is 331 g/mol. The van der Waals surface area contributed by atoms with E-state index in [0.717, 1.165) is 5.56 Å². The Morgan fingerprint density at radius 1 is 1.04 bits per heavy atom. The van der Waals surface area contributed by atoms with Gasteiger partial charge in [-0.25, -0.2) is 0 Å². The molecular weight excluding hydrogens is 312 g/mol. The fourth-order valence-corrected chi connectivity index (χ4v) is 2.26. The van der Waals surface area contributed by atoms with Crippen LogP contribution in [0, 0.1) is 0 Å². The van der Waals surface area contributed by atoms with Gasteiger partial charge in [0.2, 0.25) is 5.91 Å². The van der Waals surface area contributed by atoms with Crippen molar-refractivity contribution in [2.45, 2.75) is 19.4 Å². The van der Waals surface area contributed by atoms with Crippen molar-refractivity contribution in [1.29, 1.82) is 0 Å². The third-order valence-corrected chi connectivity index (χ3v) is 3.67. The predicted octanol–water partition coefficient (Wildman–Crippen LogP) is 3.34. The Balaban J connectivity index is 1.74. The lowest BCUT2D eigenvalue weighted by Crippen LogP contribution is -2.32. The zero-order valence-corrected chi connectivity index (χ0v) is 13.6. The molecule has 0 aliphatic heterocycles. The van der Waals surface area contributed by atoms with Crippen LogP contribution in [0.1, 0.15) is 35.3 Å². The van der Waals surface area contributed by atoms with Gasteiger partial charge in [-0.05, 0) is 36.8 Å². The number of amides is 2. The molecule has 2 aromatic rings. The summed E-state index contributed by atoms with van der Waals surface area (Å²) in [7, 11) is 0. The van der Waals surface area contributed by atoms with Gasteiger partial charge in [0.05, 0.1) is 6.04 Å². The first-order valence-corrected chi connectivity index (χ1v) is 7.82. The van der Waals surface area contributed by atoms with Crippen LogP contribution in [-0.4, -0.2) is 18.4 Å². The molecule has 0 radical (unpaired) electrons. The minimum atomic E-state index is -0.177. The second kappa shape index (κ2) is 8.34. The molecular formula is C18H19ClN2O2. The molecule has 0 saturated heterocycles. The summed E-state index contributed by atoms with van der Waals surface area (Å²) in [6.45, 7) is 2.20. The molecule has 5 heteroatoms. The maximum Gasteiger partial charge on any atom is 0.251 e. The molecule has 4 nitrogen and oxygen atoms in total. The van der Waals surface area contributed by atoms with Gasteiger partial charge in [-0.3, -0.25) is 9.59 Å². The van der Waals surface area contributed by atoms with Crippen molar-refractivity contribution in [3.8, 4) is 0 Å². The first-order chi connectivity index (χ1) is 11.1. The average Bonchev–Trinajstić information content (AvgIpc) is 2.56. The second-order valence-corrected chi connectivity index (χ2v) is 5.65. The third kappa shape index (κ3) is 5.42. The number of halogens is 1. The van der Waals surface area contributed by atoms with Crippen molar-refractivity contribution < 1.29 is 9.59 Å². The molecule has 0 bridgehead atoms. The van der Waals surface area contributed by atoms with Crippen molar-refractivity contribution >= 4 is 23.4 Å². The zero-order valence-electron chi connectivity index (χ0n) is 12.9. The standard InChI is InChI=1S/C18H19ClN2O2/c1-13(14-7-9-16(19)10-8-14)21-17(22)11-12-20-18(23)15-5-3-2-4-6-15/h2-10,13H,11-12H2,1H3,(H,20,23)(H,21,22). The van der Waals surface area contributed by atoms with E-state index in [0.29, 0.717) is 17.1 Å². The smallest absolute Gasteiger partial charge is 0.251 e. The van der Waals surface area contributed by atoms with Crippen molar-refractivity contribution in [2.75, 3.05) is 6.54 Å². The van der Waals surface area contributed by atoms with Crippen LogP contribution in [0.2, 0.25) is 5.02 Å². The van der Waals surface area contributed by atoms with Gasteiger partial charge in [0, 0.05) is 23.6 Å². The van der Waals surface area contributed by atoms with Crippen molar-refractivity contribution in [1.82, 2.24) is 10.6 Å². The van der Waals surface area contributed by atoms with Crippen LogP contribution in [-0.2, 0) is 4.79 Å². The predicted molar refractivity (Wildman–Crippen MR) is 91.4 cm³/mol. The molecule has 0 aliphatic carbocycles. The van der Waals surface area contributed by atoms with E-state index >= 15 is 0 Å². The van der Waals surface area contributed by atoms with Crippen molar-refractivity contribution in [3.05, 3.63) is 70.7 Å². The summed E-state index contributed by atoms with van der Waals surface area (Å²) in [5.41, 5.74) is 1.57. The lowest BCUT2D eigenvalue weighted by Gasteiger charge is -2.14. The number of hydrogen-bond acceptors (Lipinski definition) is 2. The summed E-state index contributed by atoms with van der Waals surface area (Å²) in [6, 6.07) is 16.2. The van der Waals surface area contributed by atoms with Gasteiger partial charge in [-0.15, -0.1) is 0 Å². The van der Waals surface area contributed by atoms with Crippen LogP contribution in [0.15, 0.2) is 54.6 Å². The highest BCUT2D eigenvalue weighted by atomic mass is 35.5. The summed E-state index contributed by atoms with van der Waals surface area (Å²) >= 11 is 5.84. The third-order valence-electron chi connectivity index (χ3n) is 3.42. The number of hydrogen-bond donors (Lipinski definition) is 2. The summed E-state index contributed by atoms with van der Waals surface area (Å²) in [5, 5.41) is 6.29. The number of carbonyl (C=O) groups is 2. The molecule has 0 saturated carbocycles. The molecule has 120 valence electrons. The lowest BCUT2D eigenvalue weighted by atomic mass is 10.1. The molecule has 2 aromatic carbocycles. The van der Waals surface area contributed by atoms with Gasteiger partial charge in [0.25, 0.3) is 5.91 Å². The van der Waals surface area contributed by atoms with Gasteiger partial charge in [0.1, 0.15) is 0 Å². The Kier molecular flexibility index (Phi) is 6.18. The normalized spacial score (nSPS) is 11.6. The molecule has 0 fully saturated rings. The summed E-state index contributed by atoms with van der Waals surface area (Å²) in [4.78, 5) is 23.8. The molecule has 1 unspecified atom stereocenters. The Morgan fingerprint density at radius 3 is 2.35 bits per heavy atom. The van der Waals surface area contributed by atoms with E-state index in [-0.39, 0.29) is 24.3 Å². The first-order valence-electron chi connectivity index (χ1n) is 7.44. The number of nitrogens with one attached hydrogen (secondary N) is 2. The van der Waals surface area contributed by atoms with Crippen LogP contribution < -0.4 is 10.6 Å². The Hall–Kier alpha value is -2.33. The molecule has 0 aliphatic rings. The summed E-state index contributed by atoms with van der Waals surface area (Å²) in [5.74, 6) is -0.287. The molecule has 1 atom stereocenters. The van der Waals surface area contributed by atoms with Gasteiger partial charge in [0.15, 0.2) is 0 Å². The van der Waals surface area contributed by atoms with Crippen LogP contribution in [0.4, 0.5) is 0 Å². The lowest BCUT2D eigenvalue weighted by molar-refractivity contribution is -0.121. The first kappa shape index (κ1) is 17.0. The Labute approximate surface area is 140 Å². The van der Waals surface area contributed by atoms with Crippen molar-refractivity contribution in [2.24, 2.45) is 0 Å². The minimum absolute atomic E-state index is 0.107. The van der Waals surface area contributed by atoms with E-state index in [1.54, 1.807) is 36.4 Å². The van der Waals surface area contributed by atoms with Crippen LogP contribution in [0.3, 0.4) is 0 Å². The molecule has 2 N–H and O–H groups in total. The van der Waals surface area contributed by atoms with Gasteiger partial charge < -0.3 is 10.6 Å². The number of rotatable bonds is 6. The number of benzene rings is 2. The molecule has 2 rings (SSSR count). The summed E-state index contributed by atoms with van der Waals surface area (Å²) < 4.78 is 0. The van der Waals surface area contributed by atoms with E-state index in [9.17, 15) is 9.59 Å². The summed E-state index contributed by atoms with van der Waals surface area (Å²) in [6.07, 6.45) is 0.233. The van der Waals surface area contributed by atoms with Gasteiger partial charge >= 0.3 is 0 Å². The fraction of sp³-hybridized carbons (Fsp3) is 0.222. The Bertz CT molecular complexity index is 656. The van der Waals surface area contributed by atoms with E-state index in [1.165, 1.54) is 0 Å². The van der Waals surface area contributed by atoms with Crippen LogP contribution in [0.25, 0.3) is 0 Å². The van der Waals surface area contributed by atoms with Crippen molar-refractivity contribution in [3.63, 3.8) is 0 Å². The minimum Gasteiger partial charge on any atom is -0.352 e. The quantitative estimate of drug-likeness (QED) is 0.853. The molecule has 23 heavy (non-hydrogen) atoms. The Morgan fingerprint density at radius 2 is 1.70 bits per heavy atom. The monoisotopic (exact) mass is 330 g/mol. The van der Waals surface area contributed by atoms with Gasteiger partial charge in [-0.2, -0.15) is 0 Å². The van der Waals surface area contributed by atoms with Crippen LogP contribution >= 0.6 is 11.6 Å². The SMILES string of the molecule is CC(NC(=O)CCNC(=O)c1ccccc1)c1ccc(Cl)cc1. The van der Waals surface area contributed by atoms with Crippen LogP contribution in [0.5, 0.6) is 0 Å². The molecule has 0 aromatic heterocycles. The molecule has 0 heterocycles. The number of carbonyl (C=O) groups excluding carboxylic acids is 2. The molecule has 2 amide bonds. The highest BCUT2D eigenvalue weighted by molar-refractivity contribution is 6.30. The van der Waals surface area contributed by atoms with E-state index in [2.05, 4.69) is 10.6 Å². The molecule has 0 spiro atoms. The maximum absolute atomic E-state index is 11.9. The second-order valence-electron chi connectivity index (χ2n) is 5.21. The highest BCUT2D eigenvalue weighted by Crippen LogP contribution is 2.15. The zero-order chi connectivity index (χ0) is 16.7. The van der Waals surface area contributed by atoms with E-state index in [4.69, 9.17) is 11.6 Å².